The van der Waals surface area contributed by atoms with Crippen molar-refractivity contribution in [3.63, 3.8) is 0 Å². The Morgan fingerprint density at radius 3 is 1.58 bits per heavy atom. The molecule has 3 aromatic rings. The van der Waals surface area contributed by atoms with Crippen LogP contribution in [-0.2, 0) is 24.0 Å². The molecule has 0 bridgehead atoms. The van der Waals surface area contributed by atoms with E-state index < -0.39 is 21.9 Å². The van der Waals surface area contributed by atoms with Crippen LogP contribution < -0.4 is 0 Å². The summed E-state index contributed by atoms with van der Waals surface area (Å²) in [5.74, 6) is -1.69. The minimum absolute atomic E-state index is 0.0778. The highest BCUT2D eigenvalue weighted by atomic mass is 32.2. The third kappa shape index (κ3) is 3.84. The van der Waals surface area contributed by atoms with Gasteiger partial charge < -0.3 is 0 Å². The summed E-state index contributed by atoms with van der Waals surface area (Å²) in [6.07, 6.45) is 1.56. The minimum Gasteiger partial charge on any atom is -0.266 e. The molecule has 0 saturated heterocycles. The molecule has 6 nitrogen and oxygen atoms in total. The zero-order valence-electron chi connectivity index (χ0n) is 16.3. The SMILES string of the molecule is C=Cc1ccc(S(=O)(=O)ON2C(=O)C(c3ccccc3)=C(c3ccccc3)C2=O)cc1. The van der Waals surface area contributed by atoms with E-state index in [-0.39, 0.29) is 16.0 Å². The Bertz CT molecular complexity index is 1230. The fourth-order valence-corrected chi connectivity index (χ4v) is 4.12. The Kier molecular flexibility index (Phi) is 5.37. The van der Waals surface area contributed by atoms with Crippen LogP contribution in [0.2, 0.25) is 0 Å². The standard InChI is InChI=1S/C24H17NO5S/c1-2-17-13-15-20(16-14-17)31(28,29)30-25-23(26)21(18-9-5-3-6-10-18)22(24(25)27)19-11-7-4-8-12-19/h2-16H,1H2. The minimum atomic E-state index is -4.42. The first-order chi connectivity index (χ1) is 14.9. The van der Waals surface area contributed by atoms with E-state index in [0.29, 0.717) is 21.8 Å². The summed E-state index contributed by atoms with van der Waals surface area (Å²) >= 11 is 0. The van der Waals surface area contributed by atoms with Gasteiger partial charge in [0.05, 0.1) is 16.0 Å². The Hall–Kier alpha value is -3.81. The van der Waals surface area contributed by atoms with E-state index in [9.17, 15) is 18.0 Å². The number of hydroxylamine groups is 2. The van der Waals surface area contributed by atoms with E-state index in [1.165, 1.54) is 12.1 Å². The highest BCUT2D eigenvalue weighted by Crippen LogP contribution is 2.36. The summed E-state index contributed by atoms with van der Waals surface area (Å²) < 4.78 is 30.5. The zero-order chi connectivity index (χ0) is 22.0. The Morgan fingerprint density at radius 2 is 1.16 bits per heavy atom. The van der Waals surface area contributed by atoms with Gasteiger partial charge in [0.15, 0.2) is 0 Å². The van der Waals surface area contributed by atoms with Gasteiger partial charge in [0.1, 0.15) is 0 Å². The third-order valence-electron chi connectivity index (χ3n) is 4.75. The smallest absolute Gasteiger partial charge is 0.266 e. The monoisotopic (exact) mass is 431 g/mol. The maximum atomic E-state index is 13.2. The molecule has 4 rings (SSSR count). The Balaban J connectivity index is 1.75. The molecule has 1 heterocycles. The van der Waals surface area contributed by atoms with E-state index in [1.54, 1.807) is 78.9 Å². The van der Waals surface area contributed by atoms with Gasteiger partial charge in [0, 0.05) is 0 Å². The first kappa shape index (κ1) is 20.5. The van der Waals surface area contributed by atoms with E-state index in [4.69, 9.17) is 4.28 Å². The summed E-state index contributed by atoms with van der Waals surface area (Å²) in [4.78, 5) is 26.1. The first-order valence-corrected chi connectivity index (χ1v) is 10.7. The molecule has 0 aliphatic carbocycles. The average Bonchev–Trinajstić information content (AvgIpc) is 3.04. The van der Waals surface area contributed by atoms with Gasteiger partial charge in [-0.05, 0) is 28.8 Å². The lowest BCUT2D eigenvalue weighted by Gasteiger charge is -2.14. The second-order valence-corrected chi connectivity index (χ2v) is 8.22. The maximum Gasteiger partial charge on any atom is 0.318 e. The number of rotatable bonds is 6. The first-order valence-electron chi connectivity index (χ1n) is 9.33. The lowest BCUT2D eigenvalue weighted by atomic mass is 9.96. The number of benzene rings is 3. The normalized spacial score (nSPS) is 14.3. The van der Waals surface area contributed by atoms with Crippen LogP contribution in [0.1, 0.15) is 16.7 Å². The molecule has 7 heteroatoms. The van der Waals surface area contributed by atoms with Crippen molar-refractivity contribution in [3.05, 3.63) is 108 Å². The number of amides is 2. The fourth-order valence-electron chi connectivity index (χ4n) is 3.23. The number of hydrogen-bond acceptors (Lipinski definition) is 5. The molecule has 0 spiro atoms. The molecule has 0 atom stereocenters. The molecule has 31 heavy (non-hydrogen) atoms. The lowest BCUT2D eigenvalue weighted by molar-refractivity contribution is -0.160. The van der Waals surface area contributed by atoms with Crippen molar-refractivity contribution in [2.45, 2.75) is 4.90 Å². The molecule has 1 aliphatic heterocycles. The molecule has 3 aromatic carbocycles. The van der Waals surface area contributed by atoms with Gasteiger partial charge in [-0.3, -0.25) is 9.59 Å². The second kappa shape index (κ2) is 8.14. The van der Waals surface area contributed by atoms with Crippen molar-refractivity contribution in [2.24, 2.45) is 0 Å². The molecule has 1 aliphatic rings. The van der Waals surface area contributed by atoms with Gasteiger partial charge >= 0.3 is 10.1 Å². The number of imide groups is 1. The van der Waals surface area contributed by atoms with Gasteiger partial charge in [0.2, 0.25) is 0 Å². The molecule has 2 amide bonds. The van der Waals surface area contributed by atoms with Crippen molar-refractivity contribution in [1.82, 2.24) is 5.06 Å². The van der Waals surface area contributed by atoms with E-state index in [1.807, 2.05) is 0 Å². The van der Waals surface area contributed by atoms with Crippen molar-refractivity contribution < 1.29 is 22.3 Å². The summed E-state index contributed by atoms with van der Waals surface area (Å²) in [6.45, 7) is 3.62. The van der Waals surface area contributed by atoms with E-state index in [0.717, 1.165) is 0 Å². The van der Waals surface area contributed by atoms with Crippen molar-refractivity contribution in [2.75, 3.05) is 0 Å². The van der Waals surface area contributed by atoms with Gasteiger partial charge in [0.25, 0.3) is 11.8 Å². The van der Waals surface area contributed by atoms with Crippen LogP contribution in [0.4, 0.5) is 0 Å². The van der Waals surface area contributed by atoms with Crippen molar-refractivity contribution in [3.8, 4) is 0 Å². The van der Waals surface area contributed by atoms with E-state index >= 15 is 0 Å². The molecule has 0 radical (unpaired) electrons. The van der Waals surface area contributed by atoms with E-state index in [2.05, 4.69) is 6.58 Å². The predicted molar refractivity (Wildman–Crippen MR) is 116 cm³/mol. The van der Waals surface area contributed by atoms with Gasteiger partial charge in [-0.25, -0.2) is 0 Å². The summed E-state index contributed by atoms with van der Waals surface area (Å²) in [6, 6.07) is 22.9. The Labute approximate surface area is 179 Å². The topological polar surface area (TPSA) is 80.8 Å². The highest BCUT2D eigenvalue weighted by molar-refractivity contribution is 7.86. The summed E-state index contributed by atoms with van der Waals surface area (Å²) in [7, 11) is -4.42. The lowest BCUT2D eigenvalue weighted by Crippen LogP contribution is -2.34. The number of carbonyl (C=O) groups excluding carboxylic acids is 2. The second-order valence-electron chi connectivity index (χ2n) is 6.69. The number of hydrogen-bond donors (Lipinski definition) is 0. The van der Waals surface area contributed by atoms with Crippen LogP contribution in [0.25, 0.3) is 17.2 Å². The number of nitrogens with zero attached hydrogens (tertiary/aromatic N) is 1. The van der Waals surface area contributed by atoms with Gasteiger partial charge in [-0.1, -0.05) is 85.5 Å². The average molecular weight is 431 g/mol. The third-order valence-corrected chi connectivity index (χ3v) is 5.94. The molecule has 0 fully saturated rings. The van der Waals surface area contributed by atoms with Crippen LogP contribution in [0.5, 0.6) is 0 Å². The van der Waals surface area contributed by atoms with Crippen molar-refractivity contribution in [1.29, 1.82) is 0 Å². The highest BCUT2D eigenvalue weighted by Gasteiger charge is 2.43. The molecular formula is C24H17NO5S. The quantitative estimate of drug-likeness (QED) is 0.553. The Morgan fingerprint density at radius 1 is 0.710 bits per heavy atom. The molecule has 154 valence electrons. The van der Waals surface area contributed by atoms with Crippen molar-refractivity contribution >= 4 is 39.2 Å². The van der Waals surface area contributed by atoms with Gasteiger partial charge in [-0.2, -0.15) is 8.42 Å². The fraction of sp³-hybridized carbons (Fsp3) is 0. The largest absolute Gasteiger partial charge is 0.318 e. The molecule has 0 unspecified atom stereocenters. The molecule has 0 aromatic heterocycles. The molecular weight excluding hydrogens is 414 g/mol. The molecule has 0 saturated carbocycles. The van der Waals surface area contributed by atoms with Crippen LogP contribution >= 0.6 is 0 Å². The summed E-state index contributed by atoms with van der Waals surface area (Å²) in [5, 5.41) is 0.307. The summed E-state index contributed by atoms with van der Waals surface area (Å²) in [5.41, 5.74) is 1.84. The predicted octanol–water partition coefficient (Wildman–Crippen LogP) is 3.93. The van der Waals surface area contributed by atoms with Crippen LogP contribution in [0.3, 0.4) is 0 Å². The maximum absolute atomic E-state index is 13.2. The van der Waals surface area contributed by atoms with Crippen LogP contribution in [0.15, 0.2) is 96.4 Å². The van der Waals surface area contributed by atoms with Crippen LogP contribution in [0, 0.1) is 0 Å². The zero-order valence-corrected chi connectivity index (χ0v) is 17.1. The molecule has 0 N–H and O–H groups in total. The number of carbonyl (C=O) groups is 2. The van der Waals surface area contributed by atoms with Gasteiger partial charge in [-0.15, -0.1) is 9.35 Å². The van der Waals surface area contributed by atoms with Crippen LogP contribution in [-0.4, -0.2) is 25.3 Å².